The minimum Gasteiger partial charge on any atom is -0.465 e. The SMILES string of the molecule is CCC(CCO)NC/C=C/c1ccco1. The van der Waals surface area contributed by atoms with Crippen molar-refractivity contribution in [2.24, 2.45) is 0 Å². The van der Waals surface area contributed by atoms with Crippen LogP contribution in [-0.4, -0.2) is 24.3 Å². The molecule has 0 spiro atoms. The zero-order valence-corrected chi connectivity index (χ0v) is 9.15. The molecule has 3 nitrogen and oxygen atoms in total. The van der Waals surface area contributed by atoms with Crippen molar-refractivity contribution >= 4 is 6.08 Å². The third-order valence-corrected chi connectivity index (χ3v) is 2.32. The predicted octanol–water partition coefficient (Wildman–Crippen LogP) is 2.04. The van der Waals surface area contributed by atoms with Gasteiger partial charge in [-0.15, -0.1) is 0 Å². The lowest BCUT2D eigenvalue weighted by atomic mass is 10.1. The molecule has 0 saturated heterocycles. The summed E-state index contributed by atoms with van der Waals surface area (Å²) in [5.74, 6) is 0.868. The molecule has 1 rings (SSSR count). The van der Waals surface area contributed by atoms with E-state index in [1.165, 1.54) is 0 Å². The van der Waals surface area contributed by atoms with Gasteiger partial charge in [-0.2, -0.15) is 0 Å². The van der Waals surface area contributed by atoms with E-state index in [0.717, 1.165) is 25.1 Å². The van der Waals surface area contributed by atoms with Gasteiger partial charge in [0.1, 0.15) is 5.76 Å². The summed E-state index contributed by atoms with van der Waals surface area (Å²) in [5.41, 5.74) is 0. The average molecular weight is 209 g/mol. The van der Waals surface area contributed by atoms with Crippen LogP contribution in [0, 0.1) is 0 Å². The monoisotopic (exact) mass is 209 g/mol. The summed E-state index contributed by atoms with van der Waals surface area (Å²) < 4.78 is 5.16. The van der Waals surface area contributed by atoms with Gasteiger partial charge < -0.3 is 14.8 Å². The van der Waals surface area contributed by atoms with E-state index in [1.54, 1.807) is 6.26 Å². The van der Waals surface area contributed by atoms with Crippen LogP contribution >= 0.6 is 0 Å². The minimum atomic E-state index is 0.243. The third-order valence-electron chi connectivity index (χ3n) is 2.32. The van der Waals surface area contributed by atoms with E-state index >= 15 is 0 Å². The highest BCUT2D eigenvalue weighted by atomic mass is 16.3. The first-order valence-corrected chi connectivity index (χ1v) is 5.41. The molecule has 3 heteroatoms. The van der Waals surface area contributed by atoms with Crippen molar-refractivity contribution in [3.05, 3.63) is 30.2 Å². The van der Waals surface area contributed by atoms with Crippen LogP contribution < -0.4 is 5.32 Å². The molecular weight excluding hydrogens is 190 g/mol. The van der Waals surface area contributed by atoms with Crippen molar-refractivity contribution in [3.63, 3.8) is 0 Å². The van der Waals surface area contributed by atoms with E-state index in [1.807, 2.05) is 24.3 Å². The fourth-order valence-corrected chi connectivity index (χ4v) is 1.40. The number of hydrogen-bond donors (Lipinski definition) is 2. The number of aliphatic hydroxyl groups is 1. The highest BCUT2D eigenvalue weighted by Crippen LogP contribution is 2.02. The Bertz CT molecular complexity index is 267. The van der Waals surface area contributed by atoms with Crippen LogP contribution in [-0.2, 0) is 0 Å². The summed E-state index contributed by atoms with van der Waals surface area (Å²) in [7, 11) is 0. The van der Waals surface area contributed by atoms with E-state index in [2.05, 4.69) is 12.2 Å². The molecule has 0 aliphatic heterocycles. The zero-order chi connectivity index (χ0) is 10.9. The topological polar surface area (TPSA) is 45.4 Å². The molecule has 0 fully saturated rings. The Morgan fingerprint density at radius 1 is 1.60 bits per heavy atom. The van der Waals surface area contributed by atoms with E-state index in [9.17, 15) is 0 Å². The molecule has 1 unspecified atom stereocenters. The Morgan fingerprint density at radius 2 is 2.47 bits per heavy atom. The molecule has 1 aromatic heterocycles. The van der Waals surface area contributed by atoms with Crippen molar-refractivity contribution in [1.82, 2.24) is 5.32 Å². The van der Waals surface area contributed by atoms with Gasteiger partial charge in [0.2, 0.25) is 0 Å². The summed E-state index contributed by atoms with van der Waals surface area (Å²) in [5, 5.41) is 12.1. The maximum absolute atomic E-state index is 8.80. The van der Waals surface area contributed by atoms with Gasteiger partial charge in [-0.05, 0) is 31.1 Å². The normalized spacial score (nSPS) is 13.5. The third kappa shape index (κ3) is 4.81. The maximum atomic E-state index is 8.80. The Morgan fingerprint density at radius 3 is 3.07 bits per heavy atom. The first kappa shape index (κ1) is 12.0. The quantitative estimate of drug-likeness (QED) is 0.722. The average Bonchev–Trinajstić information content (AvgIpc) is 2.75. The van der Waals surface area contributed by atoms with E-state index < -0.39 is 0 Å². The summed E-state index contributed by atoms with van der Waals surface area (Å²) >= 11 is 0. The lowest BCUT2D eigenvalue weighted by Crippen LogP contribution is -2.29. The van der Waals surface area contributed by atoms with Crippen molar-refractivity contribution in [1.29, 1.82) is 0 Å². The van der Waals surface area contributed by atoms with E-state index in [-0.39, 0.29) is 6.61 Å². The summed E-state index contributed by atoms with van der Waals surface area (Å²) in [4.78, 5) is 0. The predicted molar refractivity (Wildman–Crippen MR) is 61.5 cm³/mol. The van der Waals surface area contributed by atoms with Gasteiger partial charge in [0.05, 0.1) is 6.26 Å². The molecule has 1 heterocycles. The summed E-state index contributed by atoms with van der Waals surface area (Å²) in [6, 6.07) is 4.19. The molecule has 0 radical (unpaired) electrons. The van der Waals surface area contributed by atoms with Gasteiger partial charge in [-0.1, -0.05) is 13.0 Å². The Hall–Kier alpha value is -1.06. The second-order valence-electron chi connectivity index (χ2n) is 3.44. The highest BCUT2D eigenvalue weighted by molar-refractivity contribution is 5.42. The van der Waals surface area contributed by atoms with Crippen molar-refractivity contribution in [3.8, 4) is 0 Å². The molecule has 15 heavy (non-hydrogen) atoms. The number of nitrogens with one attached hydrogen (secondary N) is 1. The first-order valence-electron chi connectivity index (χ1n) is 5.41. The molecule has 0 aliphatic rings. The molecule has 0 aliphatic carbocycles. The Labute approximate surface area is 90.8 Å². The van der Waals surface area contributed by atoms with Crippen LogP contribution in [0.4, 0.5) is 0 Å². The van der Waals surface area contributed by atoms with Gasteiger partial charge in [-0.25, -0.2) is 0 Å². The zero-order valence-electron chi connectivity index (χ0n) is 9.15. The van der Waals surface area contributed by atoms with Gasteiger partial charge in [0, 0.05) is 19.2 Å². The molecule has 1 aromatic rings. The van der Waals surface area contributed by atoms with Crippen LogP contribution in [0.2, 0.25) is 0 Å². The van der Waals surface area contributed by atoms with Gasteiger partial charge in [-0.3, -0.25) is 0 Å². The second kappa shape index (κ2) is 7.26. The number of rotatable bonds is 7. The lowest BCUT2D eigenvalue weighted by Gasteiger charge is -2.13. The van der Waals surface area contributed by atoms with Gasteiger partial charge in [0.25, 0.3) is 0 Å². The van der Waals surface area contributed by atoms with Crippen LogP contribution in [0.15, 0.2) is 28.9 Å². The molecule has 84 valence electrons. The summed E-state index contributed by atoms with van der Waals surface area (Å²) in [6.45, 7) is 3.16. The van der Waals surface area contributed by atoms with Crippen molar-refractivity contribution in [2.75, 3.05) is 13.2 Å². The number of hydrogen-bond acceptors (Lipinski definition) is 3. The fraction of sp³-hybridized carbons (Fsp3) is 0.500. The molecule has 1 atom stereocenters. The fourth-order valence-electron chi connectivity index (χ4n) is 1.40. The van der Waals surface area contributed by atoms with Gasteiger partial charge >= 0.3 is 0 Å². The number of furan rings is 1. The number of aliphatic hydroxyl groups excluding tert-OH is 1. The lowest BCUT2D eigenvalue weighted by molar-refractivity contribution is 0.264. The standard InChI is InChI=1S/C12H19NO2/c1-2-11(7-9-14)13-8-3-5-12-6-4-10-15-12/h3-6,10-11,13-14H,2,7-9H2,1H3/b5-3+. The maximum Gasteiger partial charge on any atom is 0.126 e. The Balaban J connectivity index is 2.19. The largest absolute Gasteiger partial charge is 0.465 e. The van der Waals surface area contributed by atoms with Crippen LogP contribution in [0.25, 0.3) is 6.08 Å². The van der Waals surface area contributed by atoms with E-state index in [0.29, 0.717) is 6.04 Å². The van der Waals surface area contributed by atoms with Crippen molar-refractivity contribution in [2.45, 2.75) is 25.8 Å². The molecular formula is C12H19NO2. The molecule has 0 aromatic carbocycles. The second-order valence-corrected chi connectivity index (χ2v) is 3.44. The van der Waals surface area contributed by atoms with Gasteiger partial charge in [0.15, 0.2) is 0 Å². The highest BCUT2D eigenvalue weighted by Gasteiger charge is 2.01. The minimum absolute atomic E-state index is 0.243. The van der Waals surface area contributed by atoms with Crippen LogP contribution in [0.5, 0.6) is 0 Å². The van der Waals surface area contributed by atoms with Crippen molar-refractivity contribution < 1.29 is 9.52 Å². The van der Waals surface area contributed by atoms with Crippen LogP contribution in [0.1, 0.15) is 25.5 Å². The Kier molecular flexibility index (Phi) is 5.81. The molecule has 2 N–H and O–H groups in total. The smallest absolute Gasteiger partial charge is 0.126 e. The molecule has 0 amide bonds. The molecule has 0 bridgehead atoms. The van der Waals surface area contributed by atoms with Crippen LogP contribution in [0.3, 0.4) is 0 Å². The van der Waals surface area contributed by atoms with E-state index in [4.69, 9.17) is 9.52 Å². The summed E-state index contributed by atoms with van der Waals surface area (Å²) in [6.07, 6.45) is 7.48. The molecule has 0 saturated carbocycles. The first-order chi connectivity index (χ1) is 7.36.